The molecule has 1 aliphatic heterocycles. The van der Waals surface area contributed by atoms with Crippen molar-refractivity contribution < 1.29 is 26.9 Å². The van der Waals surface area contributed by atoms with Gasteiger partial charge in [0.25, 0.3) is 10.1 Å². The molecule has 9 nitrogen and oxygen atoms in total. The maximum Gasteiger partial charge on any atom is 0.322 e. The lowest BCUT2D eigenvalue weighted by Gasteiger charge is -2.34. The lowest BCUT2D eigenvalue weighted by molar-refractivity contribution is -0.140. The third-order valence-electron chi connectivity index (χ3n) is 6.12. The number of amides is 2. The van der Waals surface area contributed by atoms with Crippen molar-refractivity contribution in [2.75, 3.05) is 44.5 Å². The van der Waals surface area contributed by atoms with E-state index in [1.54, 1.807) is 12.1 Å². The van der Waals surface area contributed by atoms with Crippen LogP contribution in [-0.4, -0.2) is 71.0 Å². The van der Waals surface area contributed by atoms with E-state index in [4.69, 9.17) is 4.18 Å². The molecule has 0 aromatic heterocycles. The number of aryl methyl sites for hydroxylation is 1. The number of ether oxygens (including phenoxy) is 1. The van der Waals surface area contributed by atoms with Gasteiger partial charge < -0.3 is 10.1 Å². The fourth-order valence-corrected chi connectivity index (χ4v) is 4.53. The van der Waals surface area contributed by atoms with Gasteiger partial charge in [-0.1, -0.05) is 42.5 Å². The SMILES string of the molecule is COC(=O)CCc1ccc(N(CCOS(C)(=O)=O)C(=O)NC2CCN(Cc3ccccc3)CC2)cc1. The topological polar surface area (TPSA) is 105 Å². The molecule has 0 spiro atoms. The van der Waals surface area contributed by atoms with E-state index >= 15 is 0 Å². The van der Waals surface area contributed by atoms with E-state index in [1.165, 1.54) is 17.6 Å². The van der Waals surface area contributed by atoms with Crippen molar-refractivity contribution in [3.63, 3.8) is 0 Å². The van der Waals surface area contributed by atoms with Gasteiger partial charge in [0.15, 0.2) is 0 Å². The lowest BCUT2D eigenvalue weighted by atomic mass is 10.0. The van der Waals surface area contributed by atoms with Crippen LogP contribution in [-0.2, 0) is 36.8 Å². The summed E-state index contributed by atoms with van der Waals surface area (Å²) in [6.07, 6.45) is 3.44. The zero-order chi connectivity index (χ0) is 26.0. The Hall–Kier alpha value is -2.95. The molecule has 0 saturated carbocycles. The molecule has 1 fully saturated rings. The molecule has 1 saturated heterocycles. The van der Waals surface area contributed by atoms with Crippen LogP contribution in [0.5, 0.6) is 0 Å². The summed E-state index contributed by atoms with van der Waals surface area (Å²) in [6.45, 7) is 2.58. The quantitative estimate of drug-likeness (QED) is 0.361. The van der Waals surface area contributed by atoms with Crippen LogP contribution in [0.15, 0.2) is 54.6 Å². The zero-order valence-corrected chi connectivity index (χ0v) is 21.7. The smallest absolute Gasteiger partial charge is 0.322 e. The monoisotopic (exact) mass is 517 g/mol. The largest absolute Gasteiger partial charge is 0.469 e. The third-order valence-corrected chi connectivity index (χ3v) is 6.71. The summed E-state index contributed by atoms with van der Waals surface area (Å²) < 4.78 is 32.4. The van der Waals surface area contributed by atoms with E-state index in [0.29, 0.717) is 12.1 Å². The Kier molecular flexibility index (Phi) is 10.3. The summed E-state index contributed by atoms with van der Waals surface area (Å²) in [4.78, 5) is 28.5. The predicted octanol–water partition coefficient (Wildman–Crippen LogP) is 2.95. The third kappa shape index (κ3) is 9.25. The second-order valence-electron chi connectivity index (χ2n) is 8.91. The number of rotatable bonds is 11. The summed E-state index contributed by atoms with van der Waals surface area (Å²) in [5.74, 6) is -0.284. The first-order chi connectivity index (χ1) is 17.2. The number of nitrogens with one attached hydrogen (secondary N) is 1. The van der Waals surface area contributed by atoms with Gasteiger partial charge in [0, 0.05) is 37.8 Å². The number of methoxy groups -OCH3 is 1. The van der Waals surface area contributed by atoms with Gasteiger partial charge >= 0.3 is 12.0 Å². The number of esters is 1. The second kappa shape index (κ2) is 13.4. The van der Waals surface area contributed by atoms with Crippen molar-refractivity contribution in [1.82, 2.24) is 10.2 Å². The molecule has 0 atom stereocenters. The van der Waals surface area contributed by atoms with Gasteiger partial charge in [-0.05, 0) is 42.5 Å². The molecule has 2 aromatic rings. The minimum Gasteiger partial charge on any atom is -0.469 e. The van der Waals surface area contributed by atoms with Crippen LogP contribution < -0.4 is 10.2 Å². The van der Waals surface area contributed by atoms with E-state index in [2.05, 4.69) is 27.1 Å². The highest BCUT2D eigenvalue weighted by Gasteiger charge is 2.24. The van der Waals surface area contributed by atoms with Gasteiger partial charge in [0.1, 0.15) is 0 Å². The van der Waals surface area contributed by atoms with E-state index in [0.717, 1.165) is 44.3 Å². The summed E-state index contributed by atoms with van der Waals surface area (Å²) >= 11 is 0. The van der Waals surface area contributed by atoms with Crippen molar-refractivity contribution in [1.29, 1.82) is 0 Å². The molecule has 0 radical (unpaired) electrons. The molecule has 0 aliphatic carbocycles. The average Bonchev–Trinajstić information content (AvgIpc) is 2.86. The summed E-state index contributed by atoms with van der Waals surface area (Å²) in [7, 11) is -2.26. The van der Waals surface area contributed by atoms with Crippen molar-refractivity contribution >= 4 is 27.8 Å². The molecule has 10 heteroatoms. The fourth-order valence-electron chi connectivity index (χ4n) is 4.15. The number of hydrogen-bond acceptors (Lipinski definition) is 7. The maximum atomic E-state index is 13.2. The molecule has 0 unspecified atom stereocenters. The first kappa shape index (κ1) is 27.6. The van der Waals surface area contributed by atoms with Crippen LogP contribution in [0.25, 0.3) is 0 Å². The first-order valence-electron chi connectivity index (χ1n) is 12.1. The number of piperidine rings is 1. The summed E-state index contributed by atoms with van der Waals surface area (Å²) in [6, 6.07) is 17.3. The number of benzene rings is 2. The first-order valence-corrected chi connectivity index (χ1v) is 13.9. The number of anilines is 1. The van der Waals surface area contributed by atoms with E-state index in [-0.39, 0.29) is 37.6 Å². The van der Waals surface area contributed by atoms with E-state index in [9.17, 15) is 18.0 Å². The van der Waals surface area contributed by atoms with Crippen molar-refractivity contribution in [3.8, 4) is 0 Å². The number of nitrogens with zero attached hydrogens (tertiary/aromatic N) is 2. The minimum atomic E-state index is -3.62. The highest BCUT2D eigenvalue weighted by Crippen LogP contribution is 2.19. The lowest BCUT2D eigenvalue weighted by Crippen LogP contribution is -2.50. The molecule has 1 aliphatic rings. The predicted molar refractivity (Wildman–Crippen MR) is 138 cm³/mol. The molecule has 0 bridgehead atoms. The Morgan fingerprint density at radius 3 is 2.31 bits per heavy atom. The summed E-state index contributed by atoms with van der Waals surface area (Å²) in [5, 5.41) is 3.11. The second-order valence-corrected chi connectivity index (χ2v) is 10.5. The molecule has 1 N–H and O–H groups in total. The van der Waals surface area contributed by atoms with E-state index < -0.39 is 10.1 Å². The molecule has 196 valence electrons. The van der Waals surface area contributed by atoms with Gasteiger partial charge in [-0.3, -0.25) is 18.8 Å². The maximum absolute atomic E-state index is 13.2. The highest BCUT2D eigenvalue weighted by atomic mass is 32.2. The molecule has 36 heavy (non-hydrogen) atoms. The van der Waals surface area contributed by atoms with Crippen molar-refractivity contribution in [2.24, 2.45) is 0 Å². The normalized spacial score (nSPS) is 14.8. The van der Waals surface area contributed by atoms with Crippen LogP contribution in [0.1, 0.15) is 30.4 Å². The van der Waals surface area contributed by atoms with Gasteiger partial charge in [-0.25, -0.2) is 4.79 Å². The Balaban J connectivity index is 1.59. The van der Waals surface area contributed by atoms with Gasteiger partial charge in [0.2, 0.25) is 0 Å². The van der Waals surface area contributed by atoms with Crippen LogP contribution in [0.4, 0.5) is 10.5 Å². The zero-order valence-electron chi connectivity index (χ0n) is 20.9. The fraction of sp³-hybridized carbons (Fsp3) is 0.462. The molecule has 3 rings (SSSR count). The molecular weight excluding hydrogens is 482 g/mol. The van der Waals surface area contributed by atoms with Crippen LogP contribution in [0, 0.1) is 0 Å². The van der Waals surface area contributed by atoms with Crippen LogP contribution in [0.3, 0.4) is 0 Å². The molecular formula is C26H35N3O6S. The van der Waals surface area contributed by atoms with Crippen LogP contribution in [0.2, 0.25) is 0 Å². The summed E-state index contributed by atoms with van der Waals surface area (Å²) in [5.41, 5.74) is 2.82. The molecule has 2 aromatic carbocycles. The minimum absolute atomic E-state index is 0.0298. The van der Waals surface area contributed by atoms with Crippen LogP contribution >= 0.6 is 0 Å². The van der Waals surface area contributed by atoms with Crippen molar-refractivity contribution in [2.45, 2.75) is 38.3 Å². The average molecular weight is 518 g/mol. The highest BCUT2D eigenvalue weighted by molar-refractivity contribution is 7.85. The number of urea groups is 1. The number of carbonyl (C=O) groups is 2. The Morgan fingerprint density at radius 1 is 1.03 bits per heavy atom. The van der Waals surface area contributed by atoms with Crippen molar-refractivity contribution in [3.05, 3.63) is 65.7 Å². The Bertz CT molecular complexity index is 1080. The van der Waals surface area contributed by atoms with Gasteiger partial charge in [-0.2, -0.15) is 8.42 Å². The number of hydrogen-bond donors (Lipinski definition) is 1. The van der Waals surface area contributed by atoms with Gasteiger partial charge in [0.05, 0.1) is 26.5 Å². The Labute approximate surface area is 213 Å². The number of likely N-dealkylation sites (tertiary alicyclic amines) is 1. The van der Waals surface area contributed by atoms with Gasteiger partial charge in [-0.15, -0.1) is 0 Å². The molecule has 2 amide bonds. The Morgan fingerprint density at radius 2 is 1.69 bits per heavy atom. The number of carbonyl (C=O) groups excluding carboxylic acids is 2. The standard InChI is InChI=1S/C26H35N3O6S/c1-34-25(30)13-10-21-8-11-24(12-9-21)29(18-19-35-36(2,32)33)26(31)27-23-14-16-28(17-15-23)20-22-6-4-3-5-7-22/h3-9,11-12,23H,10,13-20H2,1-2H3,(H,27,31). The molecule has 1 heterocycles. The van der Waals surface area contributed by atoms with E-state index in [1.807, 2.05) is 30.3 Å².